The number of fused-ring (bicyclic) bond motifs is 1. The average molecular weight is 419 g/mol. The number of amides is 1. The molecule has 0 aliphatic carbocycles. The van der Waals surface area contributed by atoms with E-state index in [2.05, 4.69) is 10.2 Å². The van der Waals surface area contributed by atoms with Crippen molar-refractivity contribution in [3.63, 3.8) is 0 Å². The molecule has 0 aromatic heterocycles. The van der Waals surface area contributed by atoms with Gasteiger partial charge in [0.25, 0.3) is 5.91 Å². The monoisotopic (exact) mass is 418 g/mol. The zero-order valence-electron chi connectivity index (χ0n) is 16.1. The number of piperidine rings is 1. The van der Waals surface area contributed by atoms with Crippen molar-refractivity contribution in [1.82, 2.24) is 10.2 Å². The number of hydrogen-bond acceptors (Lipinski definition) is 4. The molecule has 2 aromatic carbocycles. The van der Waals surface area contributed by atoms with E-state index in [0.717, 1.165) is 44.5 Å². The number of hydrogen-bond donors (Lipinski definition) is 1. The molecular formula is C22H24ClFN2O3. The predicted octanol–water partition coefficient (Wildman–Crippen LogP) is 4.03. The van der Waals surface area contributed by atoms with Gasteiger partial charge in [-0.2, -0.15) is 0 Å². The van der Waals surface area contributed by atoms with Crippen LogP contribution in [0.3, 0.4) is 0 Å². The number of carbonyl (C=O) groups excluding carboxylic acids is 1. The second-order valence-corrected chi connectivity index (χ2v) is 7.89. The molecule has 0 spiro atoms. The number of carbonyl (C=O) groups is 1. The first-order valence-corrected chi connectivity index (χ1v) is 10.3. The minimum absolute atomic E-state index is 0.121. The molecule has 29 heavy (non-hydrogen) atoms. The van der Waals surface area contributed by atoms with Gasteiger partial charge in [0, 0.05) is 37.7 Å². The fraction of sp³-hybridized carbons (Fsp3) is 0.409. The Bertz CT molecular complexity index is 867. The third kappa shape index (κ3) is 5.00. The van der Waals surface area contributed by atoms with E-state index in [1.54, 1.807) is 0 Å². The molecule has 5 nitrogen and oxygen atoms in total. The first-order chi connectivity index (χ1) is 14.1. The van der Waals surface area contributed by atoms with Gasteiger partial charge < -0.3 is 14.8 Å². The third-order valence-electron chi connectivity index (χ3n) is 5.30. The summed E-state index contributed by atoms with van der Waals surface area (Å²) in [6.45, 7) is 3.77. The molecule has 1 N–H and O–H groups in total. The number of nitrogens with zero attached hydrogens (tertiary/aromatic N) is 1. The van der Waals surface area contributed by atoms with Crippen LogP contribution in [0.2, 0.25) is 5.02 Å². The summed E-state index contributed by atoms with van der Waals surface area (Å²) in [6, 6.07) is 9.69. The van der Waals surface area contributed by atoms with Crippen molar-refractivity contribution in [2.75, 3.05) is 26.3 Å². The molecule has 2 aromatic rings. The lowest BCUT2D eigenvalue weighted by Gasteiger charge is -2.32. The Balaban J connectivity index is 1.31. The van der Waals surface area contributed by atoms with Gasteiger partial charge in [0.05, 0.1) is 18.2 Å². The van der Waals surface area contributed by atoms with Crippen LogP contribution in [0, 0.1) is 5.82 Å². The van der Waals surface area contributed by atoms with E-state index in [0.29, 0.717) is 35.3 Å². The number of ether oxygens (including phenoxy) is 2. The van der Waals surface area contributed by atoms with Crippen LogP contribution in [-0.4, -0.2) is 43.2 Å². The Labute approximate surface area is 174 Å². The summed E-state index contributed by atoms with van der Waals surface area (Å²) in [7, 11) is 0. The van der Waals surface area contributed by atoms with Gasteiger partial charge in [0.15, 0.2) is 11.5 Å². The highest BCUT2D eigenvalue weighted by Crippen LogP contribution is 2.38. The van der Waals surface area contributed by atoms with Crippen molar-refractivity contribution in [1.29, 1.82) is 0 Å². The molecule has 2 aliphatic heterocycles. The van der Waals surface area contributed by atoms with Gasteiger partial charge in [-0.05, 0) is 54.8 Å². The molecular weight excluding hydrogens is 395 g/mol. The molecule has 0 unspecified atom stereocenters. The average Bonchev–Trinajstić information content (AvgIpc) is 2.96. The van der Waals surface area contributed by atoms with E-state index in [-0.39, 0.29) is 17.8 Å². The van der Waals surface area contributed by atoms with Gasteiger partial charge in [0.2, 0.25) is 0 Å². The lowest BCUT2D eigenvalue weighted by Crippen LogP contribution is -2.44. The van der Waals surface area contributed by atoms with Crippen LogP contribution >= 0.6 is 11.6 Å². The minimum Gasteiger partial charge on any atom is -0.489 e. The van der Waals surface area contributed by atoms with E-state index >= 15 is 0 Å². The van der Waals surface area contributed by atoms with Crippen LogP contribution in [-0.2, 0) is 6.54 Å². The Morgan fingerprint density at radius 3 is 2.62 bits per heavy atom. The van der Waals surface area contributed by atoms with Gasteiger partial charge in [0.1, 0.15) is 5.82 Å². The topological polar surface area (TPSA) is 50.8 Å². The molecule has 0 atom stereocenters. The molecule has 0 saturated carbocycles. The highest BCUT2D eigenvalue weighted by atomic mass is 35.5. The van der Waals surface area contributed by atoms with Crippen LogP contribution in [0.25, 0.3) is 0 Å². The molecule has 0 radical (unpaired) electrons. The Kier molecular flexibility index (Phi) is 6.21. The maximum absolute atomic E-state index is 13.0. The van der Waals surface area contributed by atoms with E-state index in [1.807, 2.05) is 12.1 Å². The quantitative estimate of drug-likeness (QED) is 0.814. The molecule has 1 saturated heterocycles. The van der Waals surface area contributed by atoms with Crippen molar-refractivity contribution in [2.45, 2.75) is 31.8 Å². The van der Waals surface area contributed by atoms with Gasteiger partial charge in [-0.15, -0.1) is 0 Å². The van der Waals surface area contributed by atoms with Crippen LogP contribution in [0.4, 0.5) is 4.39 Å². The number of halogens is 2. The van der Waals surface area contributed by atoms with Crippen LogP contribution in [0.1, 0.15) is 35.2 Å². The zero-order chi connectivity index (χ0) is 20.2. The normalized spacial score (nSPS) is 17.6. The van der Waals surface area contributed by atoms with Gasteiger partial charge in [-0.25, -0.2) is 4.39 Å². The first-order valence-electron chi connectivity index (χ1n) is 9.95. The SMILES string of the molecule is O=C(NC1CCN(Cc2cc(Cl)c3c(c2)OCCCO3)CC1)c1ccc(F)cc1. The predicted molar refractivity (Wildman–Crippen MR) is 109 cm³/mol. The maximum Gasteiger partial charge on any atom is 0.251 e. The highest BCUT2D eigenvalue weighted by Gasteiger charge is 2.22. The maximum atomic E-state index is 13.0. The lowest BCUT2D eigenvalue weighted by molar-refractivity contribution is 0.0909. The van der Waals surface area contributed by atoms with E-state index in [9.17, 15) is 9.18 Å². The van der Waals surface area contributed by atoms with Crippen molar-refractivity contribution in [2.24, 2.45) is 0 Å². The molecule has 2 aliphatic rings. The van der Waals surface area contributed by atoms with Gasteiger partial charge in [-0.3, -0.25) is 9.69 Å². The molecule has 0 bridgehead atoms. The number of rotatable bonds is 4. The number of nitrogens with one attached hydrogen (secondary N) is 1. The minimum atomic E-state index is -0.343. The highest BCUT2D eigenvalue weighted by molar-refractivity contribution is 6.32. The van der Waals surface area contributed by atoms with Crippen LogP contribution in [0.5, 0.6) is 11.5 Å². The summed E-state index contributed by atoms with van der Waals surface area (Å²) in [5.74, 6) is 0.851. The van der Waals surface area contributed by atoms with Crippen molar-refractivity contribution in [3.05, 3.63) is 58.4 Å². The Hall–Kier alpha value is -2.31. The van der Waals surface area contributed by atoms with Crippen LogP contribution < -0.4 is 14.8 Å². The second-order valence-electron chi connectivity index (χ2n) is 7.49. The van der Waals surface area contributed by atoms with E-state index in [1.165, 1.54) is 24.3 Å². The number of benzene rings is 2. The molecule has 2 heterocycles. The molecule has 1 amide bonds. The summed E-state index contributed by atoms with van der Waals surface area (Å²) in [6.07, 6.45) is 2.58. The summed E-state index contributed by atoms with van der Waals surface area (Å²) in [5.41, 5.74) is 1.57. The second kappa shape index (κ2) is 9.01. The smallest absolute Gasteiger partial charge is 0.251 e. The Morgan fingerprint density at radius 1 is 1.14 bits per heavy atom. The van der Waals surface area contributed by atoms with Crippen LogP contribution in [0.15, 0.2) is 36.4 Å². The molecule has 4 rings (SSSR count). The van der Waals surface area contributed by atoms with Crippen molar-refractivity contribution in [3.8, 4) is 11.5 Å². The fourth-order valence-electron chi connectivity index (χ4n) is 3.74. The zero-order valence-corrected chi connectivity index (χ0v) is 16.9. The standard InChI is InChI=1S/C22H24ClFN2O3/c23-19-12-15(13-20-21(19)29-11-1-10-28-20)14-26-8-6-18(7-9-26)25-22(27)16-2-4-17(24)5-3-16/h2-5,12-13,18H,1,6-11,14H2,(H,25,27). The first kappa shape index (κ1) is 20.0. The van der Waals surface area contributed by atoms with E-state index in [4.69, 9.17) is 21.1 Å². The third-order valence-corrected chi connectivity index (χ3v) is 5.58. The molecule has 7 heteroatoms. The van der Waals surface area contributed by atoms with Crippen molar-refractivity contribution < 1.29 is 18.7 Å². The number of likely N-dealkylation sites (tertiary alicyclic amines) is 1. The van der Waals surface area contributed by atoms with Crippen molar-refractivity contribution >= 4 is 17.5 Å². The van der Waals surface area contributed by atoms with E-state index < -0.39 is 0 Å². The summed E-state index contributed by atoms with van der Waals surface area (Å²) < 4.78 is 24.5. The summed E-state index contributed by atoms with van der Waals surface area (Å²) in [5, 5.41) is 3.63. The Morgan fingerprint density at radius 2 is 1.86 bits per heavy atom. The summed E-state index contributed by atoms with van der Waals surface area (Å²) >= 11 is 6.39. The largest absolute Gasteiger partial charge is 0.489 e. The van der Waals surface area contributed by atoms with Gasteiger partial charge in [-0.1, -0.05) is 11.6 Å². The lowest BCUT2D eigenvalue weighted by atomic mass is 10.0. The van der Waals surface area contributed by atoms with Gasteiger partial charge >= 0.3 is 0 Å². The molecule has 154 valence electrons. The fourth-order valence-corrected chi connectivity index (χ4v) is 4.03. The molecule has 1 fully saturated rings. The summed E-state index contributed by atoms with van der Waals surface area (Å²) in [4.78, 5) is 14.7.